The summed E-state index contributed by atoms with van der Waals surface area (Å²) in [5, 5.41) is 5.92. The largest absolute Gasteiger partial charge is 0.431 e. The van der Waals surface area contributed by atoms with Gasteiger partial charge >= 0.3 is 11.3 Å². The van der Waals surface area contributed by atoms with Crippen molar-refractivity contribution >= 4 is 0 Å². The predicted molar refractivity (Wildman–Crippen MR) is 54.2 cm³/mol. The number of nitrogens with one attached hydrogen (secondary N) is 2. The van der Waals surface area contributed by atoms with Crippen molar-refractivity contribution in [3.8, 4) is 0 Å². The van der Waals surface area contributed by atoms with Crippen LogP contribution in [0.5, 0.6) is 0 Å². The SMILES string of the molecule is C[n+]1[nH]oc(=O)c1CNC1CCCCC1. The Morgan fingerprint density at radius 1 is 1.47 bits per heavy atom. The molecule has 0 spiro atoms. The van der Waals surface area contributed by atoms with E-state index in [2.05, 4.69) is 15.1 Å². The fraction of sp³-hybridized carbons (Fsp3) is 0.800. The fourth-order valence-corrected chi connectivity index (χ4v) is 2.10. The standard InChI is InChI=1S/C10H17N3O2/c1-13-9(10(14)15-12-13)7-11-8-5-3-2-4-6-8/h8,11H,2-7H2,1H3/p+1. The average molecular weight is 212 g/mol. The van der Waals surface area contributed by atoms with Crippen LogP contribution in [-0.2, 0) is 13.6 Å². The molecular formula is C10H18N3O2+. The molecule has 5 heteroatoms. The van der Waals surface area contributed by atoms with Crippen LogP contribution in [0.4, 0.5) is 0 Å². The Morgan fingerprint density at radius 2 is 2.20 bits per heavy atom. The summed E-state index contributed by atoms with van der Waals surface area (Å²) in [7, 11) is 1.78. The molecule has 5 nitrogen and oxygen atoms in total. The van der Waals surface area contributed by atoms with Crippen molar-refractivity contribution in [1.29, 1.82) is 0 Å². The van der Waals surface area contributed by atoms with Crippen molar-refractivity contribution in [2.75, 3.05) is 0 Å². The third-order valence-electron chi connectivity index (χ3n) is 3.08. The van der Waals surface area contributed by atoms with Crippen LogP contribution in [0.3, 0.4) is 0 Å². The van der Waals surface area contributed by atoms with E-state index < -0.39 is 0 Å². The van der Waals surface area contributed by atoms with Gasteiger partial charge < -0.3 is 5.32 Å². The van der Waals surface area contributed by atoms with Crippen LogP contribution in [-0.4, -0.2) is 11.3 Å². The molecule has 1 aliphatic rings. The minimum Gasteiger partial charge on any atom is -0.304 e. The second-order valence-electron chi connectivity index (χ2n) is 4.20. The first-order valence-electron chi connectivity index (χ1n) is 5.57. The van der Waals surface area contributed by atoms with Gasteiger partial charge in [-0.2, -0.15) is 0 Å². The van der Waals surface area contributed by atoms with Crippen LogP contribution in [0.15, 0.2) is 9.32 Å². The average Bonchev–Trinajstić information content (AvgIpc) is 2.58. The number of hydrogen-bond acceptors (Lipinski definition) is 3. The molecule has 0 unspecified atom stereocenters. The van der Waals surface area contributed by atoms with Crippen LogP contribution in [0.2, 0.25) is 0 Å². The predicted octanol–water partition coefficient (Wildman–Crippen LogP) is 0.215. The Kier molecular flexibility index (Phi) is 3.20. The highest BCUT2D eigenvalue weighted by Gasteiger charge is 2.19. The lowest BCUT2D eigenvalue weighted by atomic mass is 9.95. The normalized spacial score (nSPS) is 18.2. The molecule has 0 aromatic carbocycles. The maximum atomic E-state index is 11.3. The van der Waals surface area contributed by atoms with Gasteiger partial charge in [0.25, 0.3) is 0 Å². The minimum absolute atomic E-state index is 0.277. The van der Waals surface area contributed by atoms with E-state index in [0.29, 0.717) is 18.3 Å². The lowest BCUT2D eigenvalue weighted by Crippen LogP contribution is -2.41. The Bertz CT molecular complexity index is 363. The molecule has 0 saturated heterocycles. The zero-order chi connectivity index (χ0) is 10.7. The van der Waals surface area contributed by atoms with Crippen LogP contribution in [0.1, 0.15) is 37.8 Å². The highest BCUT2D eigenvalue weighted by Crippen LogP contribution is 2.17. The van der Waals surface area contributed by atoms with Crippen LogP contribution in [0, 0.1) is 0 Å². The topological polar surface area (TPSA) is 61.9 Å². The van der Waals surface area contributed by atoms with E-state index >= 15 is 0 Å². The molecule has 1 fully saturated rings. The van der Waals surface area contributed by atoms with E-state index in [-0.39, 0.29) is 5.63 Å². The molecule has 1 aromatic rings. The van der Waals surface area contributed by atoms with Gasteiger partial charge in [-0.1, -0.05) is 23.9 Å². The lowest BCUT2D eigenvalue weighted by molar-refractivity contribution is -0.746. The van der Waals surface area contributed by atoms with Gasteiger partial charge in [0.2, 0.25) is 0 Å². The van der Waals surface area contributed by atoms with Crippen molar-refractivity contribution in [1.82, 2.24) is 10.6 Å². The van der Waals surface area contributed by atoms with Crippen molar-refractivity contribution < 1.29 is 9.20 Å². The summed E-state index contributed by atoms with van der Waals surface area (Å²) in [5.74, 6) is 0. The van der Waals surface area contributed by atoms with Crippen molar-refractivity contribution in [2.45, 2.75) is 44.7 Å². The number of rotatable bonds is 3. The number of aryl methyl sites for hydroxylation is 1. The second kappa shape index (κ2) is 4.61. The van der Waals surface area contributed by atoms with Crippen molar-refractivity contribution in [2.24, 2.45) is 7.05 Å². The van der Waals surface area contributed by atoms with Gasteiger partial charge in [0, 0.05) is 6.04 Å². The summed E-state index contributed by atoms with van der Waals surface area (Å²) >= 11 is 0. The molecule has 0 atom stereocenters. The van der Waals surface area contributed by atoms with Gasteiger partial charge in [0.15, 0.2) is 7.05 Å². The van der Waals surface area contributed by atoms with E-state index in [1.54, 1.807) is 11.7 Å². The smallest absolute Gasteiger partial charge is 0.304 e. The Balaban J connectivity index is 1.89. The molecule has 1 aromatic heterocycles. The Morgan fingerprint density at radius 3 is 2.80 bits per heavy atom. The number of aromatic amines is 1. The summed E-state index contributed by atoms with van der Waals surface area (Å²) in [6, 6.07) is 0.563. The molecule has 0 radical (unpaired) electrons. The molecule has 0 aliphatic heterocycles. The molecule has 0 amide bonds. The van der Waals surface area contributed by atoms with E-state index in [0.717, 1.165) is 0 Å². The molecule has 1 heterocycles. The summed E-state index contributed by atoms with van der Waals surface area (Å²) < 4.78 is 6.30. The van der Waals surface area contributed by atoms with Crippen molar-refractivity contribution in [3.05, 3.63) is 16.1 Å². The van der Waals surface area contributed by atoms with Gasteiger partial charge in [-0.05, 0) is 18.1 Å². The highest BCUT2D eigenvalue weighted by molar-refractivity contribution is 4.84. The first-order chi connectivity index (χ1) is 7.27. The highest BCUT2D eigenvalue weighted by atomic mass is 16.5. The molecule has 1 aliphatic carbocycles. The zero-order valence-electron chi connectivity index (χ0n) is 9.08. The summed E-state index contributed by atoms with van der Waals surface area (Å²) in [5.41, 5.74) is 0.376. The van der Waals surface area contributed by atoms with Crippen LogP contribution < -0.4 is 15.6 Å². The molecule has 84 valence electrons. The molecular weight excluding hydrogens is 194 g/mol. The zero-order valence-corrected chi connectivity index (χ0v) is 9.08. The summed E-state index contributed by atoms with van der Waals surface area (Å²) in [4.78, 5) is 11.3. The third-order valence-corrected chi connectivity index (χ3v) is 3.08. The Hall–Kier alpha value is -1.10. The first kappa shape index (κ1) is 10.4. The number of H-pyrrole nitrogens is 1. The molecule has 0 bridgehead atoms. The maximum Gasteiger partial charge on any atom is 0.431 e. The number of aromatic nitrogens is 2. The summed E-state index contributed by atoms with van der Waals surface area (Å²) in [6.07, 6.45) is 6.38. The molecule has 15 heavy (non-hydrogen) atoms. The minimum atomic E-state index is -0.277. The fourth-order valence-electron chi connectivity index (χ4n) is 2.10. The van der Waals surface area contributed by atoms with E-state index in [1.165, 1.54) is 32.1 Å². The van der Waals surface area contributed by atoms with Crippen molar-refractivity contribution in [3.63, 3.8) is 0 Å². The number of nitrogens with zero attached hydrogens (tertiary/aromatic N) is 1. The molecule has 1 saturated carbocycles. The Labute approximate surface area is 88.4 Å². The van der Waals surface area contributed by atoms with Gasteiger partial charge in [-0.15, -0.1) is 0 Å². The second-order valence-corrected chi connectivity index (χ2v) is 4.20. The van der Waals surface area contributed by atoms with Gasteiger partial charge in [-0.3, -0.25) is 4.52 Å². The molecule has 2 N–H and O–H groups in total. The van der Waals surface area contributed by atoms with E-state index in [4.69, 9.17) is 0 Å². The third kappa shape index (κ3) is 2.47. The number of hydrogen-bond donors (Lipinski definition) is 2. The maximum absolute atomic E-state index is 11.3. The van der Waals surface area contributed by atoms with Gasteiger partial charge in [0.1, 0.15) is 0 Å². The first-order valence-corrected chi connectivity index (χ1v) is 5.57. The van der Waals surface area contributed by atoms with Crippen LogP contribution >= 0.6 is 0 Å². The lowest BCUT2D eigenvalue weighted by Gasteiger charge is -2.21. The van der Waals surface area contributed by atoms with Crippen LogP contribution in [0.25, 0.3) is 0 Å². The quantitative estimate of drug-likeness (QED) is 0.704. The van der Waals surface area contributed by atoms with E-state index in [1.807, 2.05) is 0 Å². The monoisotopic (exact) mass is 212 g/mol. The van der Waals surface area contributed by atoms with Gasteiger partial charge in [-0.25, -0.2) is 4.79 Å². The molecule has 2 rings (SSSR count). The van der Waals surface area contributed by atoms with Gasteiger partial charge in [0.05, 0.1) is 6.54 Å². The summed E-state index contributed by atoms with van der Waals surface area (Å²) in [6.45, 7) is 0.590. The van der Waals surface area contributed by atoms with E-state index in [9.17, 15) is 4.79 Å².